The second-order valence-electron chi connectivity index (χ2n) is 6.95. The summed E-state index contributed by atoms with van der Waals surface area (Å²) < 4.78 is 10.8. The van der Waals surface area contributed by atoms with Crippen molar-refractivity contribution in [3.63, 3.8) is 0 Å². The summed E-state index contributed by atoms with van der Waals surface area (Å²) in [4.78, 5) is 27.6. The quantitative estimate of drug-likeness (QED) is 0.465. The maximum absolute atomic E-state index is 13.2. The molecule has 5 heteroatoms. The number of Topliss-reactive ketones (excluding diaryl/α,β-unsaturated/α-hetero) is 1. The zero-order chi connectivity index (χ0) is 19.9. The number of amides is 1. The highest BCUT2D eigenvalue weighted by molar-refractivity contribution is 5.99. The summed E-state index contributed by atoms with van der Waals surface area (Å²) in [6.07, 6.45) is 0.676. The number of rotatable bonds is 10. The Morgan fingerprint density at radius 3 is 2.36 bits per heavy atom. The van der Waals surface area contributed by atoms with Crippen molar-refractivity contribution in [1.29, 1.82) is 0 Å². The van der Waals surface area contributed by atoms with E-state index in [9.17, 15) is 9.59 Å². The van der Waals surface area contributed by atoms with Crippen LogP contribution in [0.2, 0.25) is 0 Å². The van der Waals surface area contributed by atoms with E-state index in [2.05, 4.69) is 0 Å². The lowest BCUT2D eigenvalue weighted by molar-refractivity contribution is -0.136. The van der Waals surface area contributed by atoms with Crippen LogP contribution >= 0.6 is 0 Å². The van der Waals surface area contributed by atoms with Gasteiger partial charge in [0.2, 0.25) is 5.91 Å². The second kappa shape index (κ2) is 9.51. The molecule has 0 bridgehead atoms. The van der Waals surface area contributed by atoms with Gasteiger partial charge in [0, 0.05) is 12.1 Å². The van der Waals surface area contributed by atoms with Crippen LogP contribution in [0.3, 0.4) is 0 Å². The molecule has 1 amide bonds. The van der Waals surface area contributed by atoms with Gasteiger partial charge in [-0.15, -0.1) is 0 Å². The predicted octanol–water partition coefficient (Wildman–Crippen LogP) is 3.72. The first kappa shape index (κ1) is 20.1. The largest absolute Gasteiger partial charge is 0.494 e. The third kappa shape index (κ3) is 5.20. The lowest BCUT2D eigenvalue weighted by Crippen LogP contribution is -2.40. The van der Waals surface area contributed by atoms with Crippen molar-refractivity contribution < 1.29 is 19.1 Å². The maximum atomic E-state index is 13.2. The van der Waals surface area contributed by atoms with E-state index in [-0.39, 0.29) is 30.3 Å². The molecule has 1 aliphatic rings. The molecule has 1 heterocycles. The van der Waals surface area contributed by atoms with Gasteiger partial charge in [0.25, 0.3) is 0 Å². The topological polar surface area (TPSA) is 59.1 Å². The second-order valence-corrected chi connectivity index (χ2v) is 6.95. The van der Waals surface area contributed by atoms with Gasteiger partial charge in [-0.3, -0.25) is 9.59 Å². The first-order chi connectivity index (χ1) is 13.6. The summed E-state index contributed by atoms with van der Waals surface area (Å²) in [7, 11) is 0. The Hall–Kier alpha value is -2.66. The Morgan fingerprint density at radius 1 is 1.11 bits per heavy atom. The molecule has 3 rings (SSSR count). The van der Waals surface area contributed by atoms with Gasteiger partial charge in [-0.25, -0.2) is 0 Å². The Labute approximate surface area is 166 Å². The number of epoxide rings is 1. The van der Waals surface area contributed by atoms with Gasteiger partial charge in [0.05, 0.1) is 31.8 Å². The normalized spacial score (nSPS) is 16.3. The minimum atomic E-state index is -0.203. The van der Waals surface area contributed by atoms with Crippen molar-refractivity contribution in [2.24, 2.45) is 5.92 Å². The van der Waals surface area contributed by atoms with E-state index in [1.807, 2.05) is 56.3 Å². The fourth-order valence-electron chi connectivity index (χ4n) is 3.30. The molecule has 0 aliphatic carbocycles. The molecule has 0 radical (unpaired) electrons. The van der Waals surface area contributed by atoms with Crippen LogP contribution in [0.1, 0.15) is 36.2 Å². The van der Waals surface area contributed by atoms with Crippen molar-refractivity contribution in [1.82, 2.24) is 4.90 Å². The smallest absolute Gasteiger partial charge is 0.229 e. The highest BCUT2D eigenvalue weighted by Gasteiger charge is 2.38. The van der Waals surface area contributed by atoms with Gasteiger partial charge in [-0.2, -0.15) is 0 Å². The number of hydrogen-bond donors (Lipinski definition) is 0. The number of carbonyl (C=O) groups is 2. The number of benzene rings is 2. The molecule has 2 aromatic carbocycles. The van der Waals surface area contributed by atoms with Gasteiger partial charge in [0.15, 0.2) is 5.78 Å². The molecule has 5 nitrogen and oxygen atoms in total. The average molecular weight is 381 g/mol. The number of ketones is 1. The first-order valence-electron chi connectivity index (χ1n) is 9.82. The average Bonchev–Trinajstić information content (AvgIpc) is 3.55. The minimum Gasteiger partial charge on any atom is -0.494 e. The highest BCUT2D eigenvalue weighted by Crippen LogP contribution is 2.26. The molecular formula is C23H27NO4. The fourth-order valence-corrected chi connectivity index (χ4v) is 3.30. The minimum absolute atomic E-state index is 0.0212. The first-order valence-corrected chi connectivity index (χ1v) is 9.82. The standard InChI is InChI=1S/C23H27NO4/c1-3-20(22-16-28-22)23(26)24(15-21(25)18-8-6-5-7-9-18)14-17-10-12-19(13-11-17)27-4-2/h5-13,20,22H,3-4,14-16H2,1-2H3/t20-,22+/m1/s1. The molecule has 148 valence electrons. The molecule has 2 aromatic rings. The summed E-state index contributed by atoms with van der Waals surface area (Å²) in [5.74, 6) is 0.503. The van der Waals surface area contributed by atoms with Crippen LogP contribution in [0.25, 0.3) is 0 Å². The molecule has 0 N–H and O–H groups in total. The Balaban J connectivity index is 1.77. The molecule has 2 atom stereocenters. The predicted molar refractivity (Wildman–Crippen MR) is 107 cm³/mol. The van der Waals surface area contributed by atoms with Crippen LogP contribution in [-0.4, -0.2) is 42.5 Å². The van der Waals surface area contributed by atoms with Crippen molar-refractivity contribution in [2.75, 3.05) is 19.8 Å². The number of hydrogen-bond acceptors (Lipinski definition) is 4. The lowest BCUT2D eigenvalue weighted by atomic mass is 10.00. The molecule has 0 saturated carbocycles. The Bertz CT molecular complexity index is 784. The van der Waals surface area contributed by atoms with Crippen molar-refractivity contribution in [2.45, 2.75) is 32.9 Å². The van der Waals surface area contributed by atoms with E-state index in [1.54, 1.807) is 17.0 Å². The van der Waals surface area contributed by atoms with Crippen LogP contribution in [0.5, 0.6) is 5.75 Å². The van der Waals surface area contributed by atoms with Crippen LogP contribution in [-0.2, 0) is 16.1 Å². The number of carbonyl (C=O) groups excluding carboxylic acids is 2. The third-order valence-electron chi connectivity index (χ3n) is 4.91. The van der Waals surface area contributed by atoms with Crippen molar-refractivity contribution in [3.8, 4) is 5.75 Å². The number of nitrogens with zero attached hydrogens (tertiary/aromatic N) is 1. The van der Waals surface area contributed by atoms with Crippen molar-refractivity contribution >= 4 is 11.7 Å². The van der Waals surface area contributed by atoms with E-state index in [4.69, 9.17) is 9.47 Å². The third-order valence-corrected chi connectivity index (χ3v) is 4.91. The summed E-state index contributed by atoms with van der Waals surface area (Å²) in [6.45, 7) is 5.59. The van der Waals surface area contributed by atoms with E-state index in [1.165, 1.54) is 0 Å². The van der Waals surface area contributed by atoms with E-state index in [0.717, 1.165) is 11.3 Å². The molecule has 0 spiro atoms. The van der Waals surface area contributed by atoms with E-state index >= 15 is 0 Å². The van der Waals surface area contributed by atoms with Crippen LogP contribution in [0, 0.1) is 5.92 Å². The summed E-state index contributed by atoms with van der Waals surface area (Å²) >= 11 is 0. The van der Waals surface area contributed by atoms with Gasteiger partial charge in [-0.1, -0.05) is 49.4 Å². The zero-order valence-electron chi connectivity index (χ0n) is 16.5. The summed E-state index contributed by atoms with van der Waals surface area (Å²) in [6, 6.07) is 16.8. The number of ether oxygens (including phenoxy) is 2. The maximum Gasteiger partial charge on any atom is 0.229 e. The van der Waals surface area contributed by atoms with Gasteiger partial charge in [0.1, 0.15) is 5.75 Å². The Morgan fingerprint density at radius 2 is 1.79 bits per heavy atom. The molecule has 0 aromatic heterocycles. The van der Waals surface area contributed by atoms with Crippen LogP contribution in [0.15, 0.2) is 54.6 Å². The fraction of sp³-hybridized carbons (Fsp3) is 0.391. The zero-order valence-corrected chi connectivity index (χ0v) is 16.5. The van der Waals surface area contributed by atoms with Crippen molar-refractivity contribution in [3.05, 3.63) is 65.7 Å². The Kier molecular flexibility index (Phi) is 6.82. The monoisotopic (exact) mass is 381 g/mol. The van der Waals surface area contributed by atoms with Gasteiger partial charge >= 0.3 is 0 Å². The van der Waals surface area contributed by atoms with E-state index < -0.39 is 0 Å². The summed E-state index contributed by atoms with van der Waals surface area (Å²) in [5, 5.41) is 0. The van der Waals surface area contributed by atoms with E-state index in [0.29, 0.717) is 31.7 Å². The SMILES string of the molecule is CCOc1ccc(CN(CC(=O)c2ccccc2)C(=O)[C@H](CC)[C@@H]2CO2)cc1. The van der Waals surface area contributed by atoms with Crippen LogP contribution < -0.4 is 4.74 Å². The lowest BCUT2D eigenvalue weighted by Gasteiger charge is -2.26. The molecule has 1 saturated heterocycles. The molecule has 0 unspecified atom stereocenters. The molecule has 1 fully saturated rings. The molecule has 1 aliphatic heterocycles. The molecular weight excluding hydrogens is 354 g/mol. The summed E-state index contributed by atoms with van der Waals surface area (Å²) in [5.41, 5.74) is 1.58. The molecule has 28 heavy (non-hydrogen) atoms. The highest BCUT2D eigenvalue weighted by atomic mass is 16.6. The van der Waals surface area contributed by atoms with Crippen LogP contribution in [0.4, 0.5) is 0 Å². The van der Waals surface area contributed by atoms with Gasteiger partial charge in [-0.05, 0) is 31.0 Å². The van der Waals surface area contributed by atoms with Gasteiger partial charge < -0.3 is 14.4 Å².